The molecule has 7 heteroatoms. The van der Waals surface area contributed by atoms with Crippen LogP contribution in [0.1, 0.15) is 16.2 Å². The Morgan fingerprint density at radius 3 is 2.42 bits per heavy atom. The predicted molar refractivity (Wildman–Crippen MR) is 95.8 cm³/mol. The Hall–Kier alpha value is -3.48. The van der Waals surface area contributed by atoms with Gasteiger partial charge in [0.1, 0.15) is 19.3 Å². The van der Waals surface area contributed by atoms with E-state index in [9.17, 15) is 14.9 Å². The highest BCUT2D eigenvalue weighted by Gasteiger charge is 2.17. The number of carbonyl (C=O) groups is 1. The Labute approximate surface area is 150 Å². The van der Waals surface area contributed by atoms with Crippen LogP contribution < -0.4 is 0 Å². The van der Waals surface area contributed by atoms with Crippen LogP contribution in [0.15, 0.2) is 60.8 Å². The smallest absolute Gasteiger partial charge is 0.342 e. The number of nitro groups is 1. The van der Waals surface area contributed by atoms with Crippen LogP contribution in [0.4, 0.5) is 5.82 Å². The van der Waals surface area contributed by atoms with Gasteiger partial charge in [-0.1, -0.05) is 42.5 Å². The molecular weight excluding hydrogens is 334 g/mol. The fourth-order valence-corrected chi connectivity index (χ4v) is 2.62. The molecule has 0 spiro atoms. The van der Waals surface area contributed by atoms with Gasteiger partial charge in [-0.05, 0) is 28.2 Å². The van der Waals surface area contributed by atoms with E-state index >= 15 is 0 Å². The molecule has 2 aromatic carbocycles. The van der Waals surface area contributed by atoms with Crippen LogP contribution in [0, 0.1) is 17.0 Å². The number of esters is 1. The summed E-state index contributed by atoms with van der Waals surface area (Å²) in [6, 6.07) is 17.0. The topological polar surface area (TPSA) is 87.3 Å². The Balaban J connectivity index is 1.61. The highest BCUT2D eigenvalue weighted by Crippen LogP contribution is 2.19. The summed E-state index contributed by atoms with van der Waals surface area (Å²) in [5, 5.41) is 10.9. The van der Waals surface area contributed by atoms with E-state index in [1.165, 1.54) is 10.8 Å². The number of benzene rings is 2. The molecule has 7 nitrogen and oxygen atoms in total. The van der Waals surface area contributed by atoms with Crippen LogP contribution in [0.25, 0.3) is 11.1 Å². The van der Waals surface area contributed by atoms with E-state index in [1.54, 1.807) is 19.1 Å². The zero-order chi connectivity index (χ0) is 18.5. The maximum Gasteiger partial charge on any atom is 0.342 e. The van der Waals surface area contributed by atoms with E-state index in [2.05, 4.69) is 4.98 Å². The van der Waals surface area contributed by atoms with Crippen LogP contribution in [-0.4, -0.2) is 27.1 Å². The van der Waals surface area contributed by atoms with Crippen LogP contribution in [0.3, 0.4) is 0 Å². The lowest BCUT2D eigenvalue weighted by atomic mass is 10.0. The van der Waals surface area contributed by atoms with Crippen molar-refractivity contribution in [2.24, 2.45) is 0 Å². The van der Waals surface area contributed by atoms with Gasteiger partial charge in [-0.2, -0.15) is 0 Å². The lowest BCUT2D eigenvalue weighted by Crippen LogP contribution is -2.13. The van der Waals surface area contributed by atoms with Crippen molar-refractivity contribution in [3.8, 4) is 11.1 Å². The second kappa shape index (κ2) is 7.60. The van der Waals surface area contributed by atoms with Gasteiger partial charge in [0, 0.05) is 6.92 Å². The van der Waals surface area contributed by atoms with Gasteiger partial charge >= 0.3 is 11.8 Å². The largest absolute Gasteiger partial charge is 0.458 e. The van der Waals surface area contributed by atoms with Gasteiger partial charge in [0.05, 0.1) is 5.56 Å². The average Bonchev–Trinajstić information content (AvgIpc) is 3.03. The van der Waals surface area contributed by atoms with Crippen molar-refractivity contribution in [3.05, 3.63) is 82.3 Å². The minimum atomic E-state index is -0.510. The molecular formula is C19H17N3O4. The SMILES string of the molecule is Cc1ncc([N+](=O)[O-])n1CCOC(=O)c1ccc(-c2ccccc2)cc1. The number of aryl methyl sites for hydroxylation is 1. The second-order valence-corrected chi connectivity index (χ2v) is 5.65. The van der Waals surface area contributed by atoms with Crippen molar-refractivity contribution in [2.75, 3.05) is 6.61 Å². The Bertz CT molecular complexity index is 918. The summed E-state index contributed by atoms with van der Waals surface area (Å²) < 4.78 is 6.64. The Morgan fingerprint density at radius 1 is 1.12 bits per heavy atom. The van der Waals surface area contributed by atoms with Gasteiger partial charge in [-0.25, -0.2) is 14.3 Å². The summed E-state index contributed by atoms with van der Waals surface area (Å²) in [6.07, 6.45) is 1.19. The third-order valence-electron chi connectivity index (χ3n) is 4.00. The number of carbonyl (C=O) groups excluding carboxylic acids is 1. The van der Waals surface area contributed by atoms with Crippen molar-refractivity contribution in [3.63, 3.8) is 0 Å². The molecule has 0 unspecified atom stereocenters. The molecule has 0 saturated carbocycles. The highest BCUT2D eigenvalue weighted by atomic mass is 16.6. The van der Waals surface area contributed by atoms with E-state index in [0.29, 0.717) is 11.4 Å². The number of hydrogen-bond acceptors (Lipinski definition) is 5. The molecule has 0 aliphatic rings. The molecule has 1 aromatic heterocycles. The van der Waals surface area contributed by atoms with E-state index in [4.69, 9.17) is 4.74 Å². The lowest BCUT2D eigenvalue weighted by Gasteiger charge is -2.06. The maximum absolute atomic E-state index is 12.1. The Morgan fingerprint density at radius 2 is 1.77 bits per heavy atom. The monoisotopic (exact) mass is 351 g/mol. The van der Waals surface area contributed by atoms with Crippen molar-refractivity contribution in [1.82, 2.24) is 9.55 Å². The Kier molecular flexibility index (Phi) is 5.07. The number of imidazole rings is 1. The highest BCUT2D eigenvalue weighted by molar-refractivity contribution is 5.90. The summed E-state index contributed by atoms with van der Waals surface area (Å²) in [6.45, 7) is 1.87. The molecule has 0 saturated heterocycles. The van der Waals surface area contributed by atoms with Gasteiger partial charge < -0.3 is 14.9 Å². The second-order valence-electron chi connectivity index (χ2n) is 5.65. The first kappa shape index (κ1) is 17.3. The standard InChI is InChI=1S/C19H17N3O4/c1-14-20-13-18(22(24)25)21(14)11-12-26-19(23)17-9-7-16(8-10-17)15-5-3-2-4-6-15/h2-10,13H,11-12H2,1H3. The predicted octanol–water partition coefficient (Wildman–Crippen LogP) is 3.62. The fourth-order valence-electron chi connectivity index (χ4n) is 2.62. The normalized spacial score (nSPS) is 10.5. The summed E-state index contributed by atoms with van der Waals surface area (Å²) in [5.74, 6) is -0.0873. The number of aromatic nitrogens is 2. The van der Waals surface area contributed by atoms with Crippen LogP contribution in [0.5, 0.6) is 0 Å². The van der Waals surface area contributed by atoms with Crippen LogP contribution in [-0.2, 0) is 11.3 Å². The lowest BCUT2D eigenvalue weighted by molar-refractivity contribution is -0.392. The molecule has 0 fully saturated rings. The van der Waals surface area contributed by atoms with Gasteiger partial charge in [-0.15, -0.1) is 0 Å². The number of ether oxygens (including phenoxy) is 1. The molecule has 3 rings (SSSR count). The molecule has 0 amide bonds. The van der Waals surface area contributed by atoms with E-state index in [0.717, 1.165) is 11.1 Å². The van der Waals surface area contributed by atoms with Crippen molar-refractivity contribution < 1.29 is 14.5 Å². The molecule has 0 radical (unpaired) electrons. The quantitative estimate of drug-likeness (QED) is 0.384. The van der Waals surface area contributed by atoms with Gasteiger partial charge in [0.2, 0.25) is 0 Å². The first-order chi connectivity index (χ1) is 12.6. The molecule has 0 atom stereocenters. The third-order valence-corrected chi connectivity index (χ3v) is 4.00. The number of nitrogens with zero attached hydrogens (tertiary/aromatic N) is 3. The summed E-state index contributed by atoms with van der Waals surface area (Å²) >= 11 is 0. The molecule has 1 heterocycles. The van der Waals surface area contributed by atoms with Gasteiger partial charge in [0.25, 0.3) is 0 Å². The van der Waals surface area contributed by atoms with Crippen LogP contribution in [0.2, 0.25) is 0 Å². The third kappa shape index (κ3) is 3.77. The van der Waals surface area contributed by atoms with Gasteiger partial charge in [-0.3, -0.25) is 0 Å². The van der Waals surface area contributed by atoms with Gasteiger partial charge in [0.15, 0.2) is 5.82 Å². The van der Waals surface area contributed by atoms with Crippen molar-refractivity contribution >= 4 is 11.8 Å². The summed E-state index contributed by atoms with van der Waals surface area (Å²) in [5.41, 5.74) is 2.50. The summed E-state index contributed by atoms with van der Waals surface area (Å²) in [7, 11) is 0. The first-order valence-electron chi connectivity index (χ1n) is 8.05. The molecule has 132 valence electrons. The minimum Gasteiger partial charge on any atom is -0.458 e. The zero-order valence-corrected chi connectivity index (χ0v) is 14.2. The average molecular weight is 351 g/mol. The van der Waals surface area contributed by atoms with E-state index in [-0.39, 0.29) is 19.0 Å². The molecule has 3 aromatic rings. The van der Waals surface area contributed by atoms with Crippen molar-refractivity contribution in [2.45, 2.75) is 13.5 Å². The molecule has 0 aliphatic carbocycles. The van der Waals surface area contributed by atoms with E-state index in [1.807, 2.05) is 42.5 Å². The first-order valence-corrected chi connectivity index (χ1v) is 8.05. The van der Waals surface area contributed by atoms with Crippen LogP contribution >= 0.6 is 0 Å². The molecule has 0 N–H and O–H groups in total. The zero-order valence-electron chi connectivity index (χ0n) is 14.2. The number of rotatable bonds is 6. The molecule has 0 bridgehead atoms. The molecule has 0 aliphatic heterocycles. The molecule has 26 heavy (non-hydrogen) atoms. The fraction of sp³-hybridized carbons (Fsp3) is 0.158. The minimum absolute atomic E-state index is 0.0251. The summed E-state index contributed by atoms with van der Waals surface area (Å²) in [4.78, 5) is 26.5. The maximum atomic E-state index is 12.1. The van der Waals surface area contributed by atoms with E-state index < -0.39 is 10.9 Å². The number of hydrogen-bond donors (Lipinski definition) is 0. The van der Waals surface area contributed by atoms with Crippen molar-refractivity contribution in [1.29, 1.82) is 0 Å².